The van der Waals surface area contributed by atoms with Crippen LogP contribution in [0, 0.1) is 12.7 Å². The molecule has 25 heavy (non-hydrogen) atoms. The zero-order valence-electron chi connectivity index (χ0n) is 14.0. The third-order valence-corrected chi connectivity index (χ3v) is 3.73. The van der Waals surface area contributed by atoms with Crippen LogP contribution < -0.4 is 14.8 Å². The molecule has 2 aromatic rings. The molecule has 0 radical (unpaired) electrons. The van der Waals surface area contributed by atoms with Gasteiger partial charge in [0.1, 0.15) is 17.3 Å². The second kappa shape index (κ2) is 7.36. The summed E-state index contributed by atoms with van der Waals surface area (Å²) in [5.74, 6) is 0.336. The van der Waals surface area contributed by atoms with Crippen LogP contribution in [0.1, 0.15) is 16.7 Å². The molecule has 0 spiro atoms. The van der Waals surface area contributed by atoms with Crippen molar-refractivity contribution in [2.45, 2.75) is 13.5 Å². The lowest BCUT2D eigenvalue weighted by Crippen LogP contribution is -2.13. The highest BCUT2D eigenvalue weighted by Crippen LogP contribution is 2.30. The van der Waals surface area contributed by atoms with Crippen molar-refractivity contribution in [3.8, 4) is 11.5 Å². The summed E-state index contributed by atoms with van der Waals surface area (Å²) in [6.07, 6.45) is 2.85. The second-order valence-electron chi connectivity index (χ2n) is 5.62. The van der Waals surface area contributed by atoms with E-state index in [0.717, 1.165) is 5.56 Å². The van der Waals surface area contributed by atoms with Crippen molar-refractivity contribution in [2.75, 3.05) is 19.2 Å². The van der Waals surface area contributed by atoms with Gasteiger partial charge in [-0.1, -0.05) is 6.07 Å². The average Bonchev–Trinajstić information content (AvgIpc) is 2.59. The van der Waals surface area contributed by atoms with Gasteiger partial charge >= 0.3 is 0 Å². The number of hydrogen-bond acceptors (Lipinski definition) is 4. The molecule has 0 saturated heterocycles. The first kappa shape index (κ1) is 17.0. The molecular formula is C19H18FNO4. The quantitative estimate of drug-likeness (QED) is 0.861. The molecule has 1 aliphatic heterocycles. The van der Waals surface area contributed by atoms with Crippen molar-refractivity contribution in [3.63, 3.8) is 0 Å². The zero-order chi connectivity index (χ0) is 17.8. The van der Waals surface area contributed by atoms with E-state index in [2.05, 4.69) is 5.32 Å². The van der Waals surface area contributed by atoms with E-state index < -0.39 is 5.82 Å². The lowest BCUT2D eigenvalue weighted by Gasteiger charge is -2.19. The van der Waals surface area contributed by atoms with Gasteiger partial charge < -0.3 is 19.5 Å². The standard InChI is InChI=1S/C19H18FNO4/c1-12-3-5-17(23-2)16(7-12)21-18(22)6-4-13-8-15(20)9-14-10-24-11-25-19(13)14/h3-9H,10-11H2,1-2H3,(H,21,22)/b6-4+. The van der Waals surface area contributed by atoms with Gasteiger partial charge in [-0.2, -0.15) is 0 Å². The van der Waals surface area contributed by atoms with Crippen LogP contribution in [0.4, 0.5) is 10.1 Å². The Morgan fingerprint density at radius 2 is 2.16 bits per heavy atom. The Morgan fingerprint density at radius 1 is 1.32 bits per heavy atom. The number of carbonyl (C=O) groups excluding carboxylic acids is 1. The Balaban J connectivity index is 1.80. The number of carbonyl (C=O) groups is 1. The molecule has 130 valence electrons. The molecule has 0 unspecified atom stereocenters. The molecule has 5 nitrogen and oxygen atoms in total. The Morgan fingerprint density at radius 3 is 2.96 bits per heavy atom. The number of ether oxygens (including phenoxy) is 3. The molecule has 0 fully saturated rings. The van der Waals surface area contributed by atoms with Crippen molar-refractivity contribution >= 4 is 17.7 Å². The smallest absolute Gasteiger partial charge is 0.248 e. The molecule has 0 saturated carbocycles. The SMILES string of the molecule is COc1ccc(C)cc1NC(=O)/C=C/c1cc(F)cc2c1OCOC2. The fraction of sp³-hybridized carbons (Fsp3) is 0.211. The monoisotopic (exact) mass is 343 g/mol. The van der Waals surface area contributed by atoms with Gasteiger partial charge in [-0.05, 0) is 42.8 Å². The van der Waals surface area contributed by atoms with E-state index >= 15 is 0 Å². The molecule has 6 heteroatoms. The van der Waals surface area contributed by atoms with E-state index in [0.29, 0.717) is 28.3 Å². The van der Waals surface area contributed by atoms with Crippen molar-refractivity contribution < 1.29 is 23.4 Å². The van der Waals surface area contributed by atoms with E-state index in [1.54, 1.807) is 6.07 Å². The Kier molecular flexibility index (Phi) is 5.00. The first-order chi connectivity index (χ1) is 12.1. The summed E-state index contributed by atoms with van der Waals surface area (Å²) in [6, 6.07) is 8.17. The third kappa shape index (κ3) is 3.97. The van der Waals surface area contributed by atoms with Gasteiger partial charge in [-0.15, -0.1) is 0 Å². The molecular weight excluding hydrogens is 325 g/mol. The molecule has 1 heterocycles. The molecule has 1 aliphatic rings. The summed E-state index contributed by atoms with van der Waals surface area (Å²) in [4.78, 5) is 12.2. The maximum atomic E-state index is 13.7. The highest BCUT2D eigenvalue weighted by Gasteiger charge is 2.15. The van der Waals surface area contributed by atoms with Crippen LogP contribution in [0.3, 0.4) is 0 Å². The third-order valence-electron chi connectivity index (χ3n) is 3.73. The highest BCUT2D eigenvalue weighted by atomic mass is 19.1. The summed E-state index contributed by atoms with van der Waals surface area (Å²) in [7, 11) is 1.54. The molecule has 0 atom stereocenters. The van der Waals surface area contributed by atoms with E-state index in [4.69, 9.17) is 14.2 Å². The van der Waals surface area contributed by atoms with Crippen LogP contribution in [0.25, 0.3) is 6.08 Å². The molecule has 1 N–H and O–H groups in total. The summed E-state index contributed by atoms with van der Waals surface area (Å²) in [5.41, 5.74) is 2.67. The molecule has 0 bridgehead atoms. The first-order valence-electron chi connectivity index (χ1n) is 7.73. The summed E-state index contributed by atoms with van der Waals surface area (Å²) in [5, 5.41) is 2.76. The van der Waals surface area contributed by atoms with E-state index in [-0.39, 0.29) is 19.3 Å². The average molecular weight is 343 g/mol. The van der Waals surface area contributed by atoms with E-state index in [1.807, 2.05) is 19.1 Å². The lowest BCUT2D eigenvalue weighted by atomic mass is 10.1. The number of fused-ring (bicyclic) bond motifs is 1. The summed E-state index contributed by atoms with van der Waals surface area (Å²) >= 11 is 0. The Hall–Kier alpha value is -2.86. The number of methoxy groups -OCH3 is 1. The maximum Gasteiger partial charge on any atom is 0.248 e. The molecule has 3 rings (SSSR count). The number of amides is 1. The minimum Gasteiger partial charge on any atom is -0.495 e. The molecule has 2 aromatic carbocycles. The van der Waals surface area contributed by atoms with Gasteiger partial charge in [0, 0.05) is 17.2 Å². The van der Waals surface area contributed by atoms with Gasteiger partial charge in [0.05, 0.1) is 19.4 Å². The number of benzene rings is 2. The van der Waals surface area contributed by atoms with Crippen molar-refractivity contribution in [3.05, 3.63) is 58.9 Å². The molecule has 0 aliphatic carbocycles. The topological polar surface area (TPSA) is 56.8 Å². The first-order valence-corrected chi connectivity index (χ1v) is 7.73. The normalized spacial score (nSPS) is 13.2. The van der Waals surface area contributed by atoms with Crippen molar-refractivity contribution in [1.29, 1.82) is 0 Å². The number of nitrogens with one attached hydrogen (secondary N) is 1. The predicted octanol–water partition coefficient (Wildman–Crippen LogP) is 3.66. The van der Waals surface area contributed by atoms with Crippen LogP contribution in [-0.2, 0) is 16.1 Å². The van der Waals surface area contributed by atoms with E-state index in [9.17, 15) is 9.18 Å². The number of aryl methyl sites for hydroxylation is 1. The highest BCUT2D eigenvalue weighted by molar-refractivity contribution is 6.03. The maximum absolute atomic E-state index is 13.7. The summed E-state index contributed by atoms with van der Waals surface area (Å²) < 4.78 is 29.5. The van der Waals surface area contributed by atoms with Gasteiger partial charge in [-0.3, -0.25) is 4.79 Å². The molecule has 0 aromatic heterocycles. The molecule has 1 amide bonds. The number of rotatable bonds is 4. The lowest BCUT2D eigenvalue weighted by molar-refractivity contribution is -0.111. The zero-order valence-corrected chi connectivity index (χ0v) is 14.0. The minimum atomic E-state index is -0.409. The van der Waals surface area contributed by atoms with Crippen molar-refractivity contribution in [2.24, 2.45) is 0 Å². The van der Waals surface area contributed by atoms with Gasteiger partial charge in [0.25, 0.3) is 0 Å². The van der Waals surface area contributed by atoms with Gasteiger partial charge in [-0.25, -0.2) is 4.39 Å². The van der Waals surface area contributed by atoms with Crippen LogP contribution in [0.2, 0.25) is 0 Å². The number of halogens is 1. The predicted molar refractivity (Wildman–Crippen MR) is 92.1 cm³/mol. The van der Waals surface area contributed by atoms with Gasteiger partial charge in [0.2, 0.25) is 5.91 Å². The van der Waals surface area contributed by atoms with Crippen LogP contribution in [0.5, 0.6) is 11.5 Å². The van der Waals surface area contributed by atoms with Crippen molar-refractivity contribution in [1.82, 2.24) is 0 Å². The number of hydrogen-bond donors (Lipinski definition) is 1. The Labute approximate surface area is 145 Å². The largest absolute Gasteiger partial charge is 0.495 e. The second-order valence-corrected chi connectivity index (χ2v) is 5.62. The minimum absolute atomic E-state index is 0.103. The summed E-state index contributed by atoms with van der Waals surface area (Å²) in [6.45, 7) is 2.30. The number of anilines is 1. The van der Waals surface area contributed by atoms with Crippen LogP contribution in [-0.4, -0.2) is 19.8 Å². The Bertz CT molecular complexity index is 832. The van der Waals surface area contributed by atoms with Crippen LogP contribution in [0.15, 0.2) is 36.4 Å². The van der Waals surface area contributed by atoms with E-state index in [1.165, 1.54) is 31.4 Å². The fourth-order valence-corrected chi connectivity index (χ4v) is 2.59. The fourth-order valence-electron chi connectivity index (χ4n) is 2.59. The van der Waals surface area contributed by atoms with Gasteiger partial charge in [0.15, 0.2) is 6.79 Å². The van der Waals surface area contributed by atoms with Crippen LogP contribution >= 0.6 is 0 Å².